The van der Waals surface area contributed by atoms with E-state index in [1.54, 1.807) is 13.4 Å². The molecule has 0 bridgehead atoms. The topological polar surface area (TPSA) is 39.9 Å². The monoisotopic (exact) mass is 323 g/mol. The highest BCUT2D eigenvalue weighted by Gasteiger charge is 2.50. The van der Waals surface area contributed by atoms with Crippen LogP contribution in [-0.4, -0.2) is 28.0 Å². The zero-order valence-electron chi connectivity index (χ0n) is 11.3. The summed E-state index contributed by atoms with van der Waals surface area (Å²) in [4.78, 5) is 0. The summed E-state index contributed by atoms with van der Waals surface area (Å²) in [5, 5.41) is 8.27. The normalized spacial score (nSPS) is 26.9. The van der Waals surface area contributed by atoms with Crippen LogP contribution in [0.15, 0.2) is 41.7 Å². The van der Waals surface area contributed by atoms with Gasteiger partial charge in [-0.15, -0.1) is 10.2 Å². The average Bonchev–Trinajstić information content (AvgIpc) is 2.73. The van der Waals surface area contributed by atoms with Gasteiger partial charge in [-0.3, -0.25) is 0 Å². The van der Waals surface area contributed by atoms with Gasteiger partial charge in [0.15, 0.2) is 0 Å². The second kappa shape index (κ2) is 5.43. The predicted molar refractivity (Wildman–Crippen MR) is 79.1 cm³/mol. The molecule has 1 aromatic rings. The van der Waals surface area contributed by atoms with E-state index in [0.29, 0.717) is 0 Å². The fourth-order valence-electron chi connectivity index (χ4n) is 2.71. The fraction of sp³-hybridized carbons (Fsp3) is 0.429. The van der Waals surface area contributed by atoms with Crippen LogP contribution in [0.25, 0.3) is 0 Å². The van der Waals surface area contributed by atoms with Crippen LogP contribution in [0, 0.1) is 0 Å². The Morgan fingerprint density at radius 2 is 2.32 bits per heavy atom. The van der Waals surface area contributed by atoms with Gasteiger partial charge in [-0.25, -0.2) is 0 Å². The van der Waals surface area contributed by atoms with Crippen molar-refractivity contribution in [3.63, 3.8) is 0 Å². The van der Waals surface area contributed by atoms with E-state index in [1.807, 2.05) is 23.8 Å². The molecule has 0 N–H and O–H groups in total. The van der Waals surface area contributed by atoms with E-state index in [0.717, 1.165) is 28.7 Å². The first kappa shape index (κ1) is 14.2. The molecule has 0 radical (unpaired) electrons. The minimum absolute atomic E-state index is 0.176. The Bertz CT molecular complexity index is 527. The van der Waals surface area contributed by atoms with Crippen molar-refractivity contribution >= 4 is 15.9 Å². The van der Waals surface area contributed by atoms with Gasteiger partial charge < -0.3 is 9.30 Å². The van der Waals surface area contributed by atoms with Crippen molar-refractivity contribution in [1.29, 1.82) is 0 Å². The lowest BCUT2D eigenvalue weighted by Crippen LogP contribution is -2.48. The number of halogens is 1. The summed E-state index contributed by atoms with van der Waals surface area (Å²) in [5.41, 5.74) is 0.920. The molecular formula is C14H18BrN3O. The minimum Gasteiger partial charge on any atom is -0.381 e. The summed E-state index contributed by atoms with van der Waals surface area (Å²) in [5.74, 6) is 0.945. The maximum Gasteiger partial charge on any atom is 0.143 e. The van der Waals surface area contributed by atoms with E-state index in [1.165, 1.54) is 0 Å². The Morgan fingerprint density at radius 3 is 2.74 bits per heavy atom. The maximum atomic E-state index is 5.43. The van der Waals surface area contributed by atoms with Gasteiger partial charge in [0.25, 0.3) is 0 Å². The van der Waals surface area contributed by atoms with Gasteiger partial charge >= 0.3 is 0 Å². The van der Waals surface area contributed by atoms with Crippen LogP contribution >= 0.6 is 15.9 Å². The van der Waals surface area contributed by atoms with Crippen LogP contribution in [0.3, 0.4) is 0 Å². The van der Waals surface area contributed by atoms with Crippen LogP contribution in [0.4, 0.5) is 0 Å². The molecule has 0 aromatic carbocycles. The number of hydrogen-bond donors (Lipinski definition) is 0. The van der Waals surface area contributed by atoms with Crippen LogP contribution < -0.4 is 0 Å². The molecule has 0 unspecified atom stereocenters. The number of rotatable bonds is 5. The van der Waals surface area contributed by atoms with Gasteiger partial charge in [0, 0.05) is 18.6 Å². The molecule has 0 atom stereocenters. The van der Waals surface area contributed by atoms with E-state index in [2.05, 4.69) is 39.3 Å². The Hall–Kier alpha value is -1.20. The highest BCUT2D eigenvalue weighted by molar-refractivity contribution is 9.11. The number of allylic oxidation sites excluding steroid dienone is 4. The first-order valence-electron chi connectivity index (χ1n) is 6.10. The Morgan fingerprint density at radius 1 is 1.63 bits per heavy atom. The lowest BCUT2D eigenvalue weighted by molar-refractivity contribution is -0.00721. The average molecular weight is 324 g/mol. The molecule has 0 amide bonds. The molecule has 5 heteroatoms. The number of aryl methyl sites for hydroxylation is 1. The first-order chi connectivity index (χ1) is 9.03. The summed E-state index contributed by atoms with van der Waals surface area (Å²) < 4.78 is 8.21. The van der Waals surface area contributed by atoms with Gasteiger partial charge in [0.2, 0.25) is 0 Å². The van der Waals surface area contributed by atoms with Gasteiger partial charge in [0.1, 0.15) is 12.2 Å². The first-order valence-corrected chi connectivity index (χ1v) is 6.89. The van der Waals surface area contributed by atoms with Crippen LogP contribution in [0.2, 0.25) is 0 Å². The van der Waals surface area contributed by atoms with Crippen molar-refractivity contribution in [2.24, 2.45) is 7.05 Å². The molecular weight excluding hydrogens is 306 g/mol. The molecule has 0 aliphatic heterocycles. The quantitative estimate of drug-likeness (QED) is 0.782. The smallest absolute Gasteiger partial charge is 0.143 e. The highest BCUT2D eigenvalue weighted by Crippen LogP contribution is 2.50. The SMILES string of the molecule is C=C/C(=C\C(=C)Br)C1(c2nncn2C)CC(OC)C1. The summed E-state index contributed by atoms with van der Waals surface area (Å²) in [6.45, 7) is 7.80. The van der Waals surface area contributed by atoms with Crippen molar-refractivity contribution in [1.82, 2.24) is 14.8 Å². The van der Waals surface area contributed by atoms with E-state index >= 15 is 0 Å². The van der Waals surface area contributed by atoms with E-state index in [9.17, 15) is 0 Å². The van der Waals surface area contributed by atoms with Crippen LogP contribution in [0.5, 0.6) is 0 Å². The largest absolute Gasteiger partial charge is 0.381 e. The number of aromatic nitrogens is 3. The maximum absolute atomic E-state index is 5.43. The Kier molecular flexibility index (Phi) is 4.06. The number of hydrogen-bond acceptors (Lipinski definition) is 3. The molecule has 0 spiro atoms. The van der Waals surface area contributed by atoms with Crippen molar-refractivity contribution in [3.05, 3.63) is 47.5 Å². The van der Waals surface area contributed by atoms with Gasteiger partial charge in [-0.2, -0.15) is 0 Å². The lowest BCUT2D eigenvalue weighted by atomic mass is 9.61. The van der Waals surface area contributed by atoms with Crippen molar-refractivity contribution in [3.8, 4) is 0 Å². The number of methoxy groups -OCH3 is 1. The van der Waals surface area contributed by atoms with Gasteiger partial charge in [0.05, 0.1) is 11.5 Å². The molecule has 4 nitrogen and oxygen atoms in total. The second-order valence-corrected chi connectivity index (χ2v) is 5.88. The third-order valence-corrected chi connectivity index (χ3v) is 3.94. The predicted octanol–water partition coefficient (Wildman–Crippen LogP) is 2.88. The summed E-state index contributed by atoms with van der Waals surface area (Å²) in [6, 6.07) is 0. The van der Waals surface area contributed by atoms with Crippen LogP contribution in [0.1, 0.15) is 18.7 Å². The third kappa shape index (κ3) is 2.44. The van der Waals surface area contributed by atoms with Crippen molar-refractivity contribution < 1.29 is 4.74 Å². The zero-order valence-corrected chi connectivity index (χ0v) is 12.9. The number of ether oxygens (including phenoxy) is 1. The summed E-state index contributed by atoms with van der Waals surface area (Å²) in [6.07, 6.45) is 7.60. The second-order valence-electron chi connectivity index (χ2n) is 4.86. The van der Waals surface area contributed by atoms with E-state index in [-0.39, 0.29) is 11.5 Å². The van der Waals surface area contributed by atoms with E-state index < -0.39 is 0 Å². The Balaban J connectivity index is 2.45. The molecule has 1 aromatic heterocycles. The van der Waals surface area contributed by atoms with E-state index in [4.69, 9.17) is 4.74 Å². The molecule has 102 valence electrons. The fourth-order valence-corrected chi connectivity index (χ4v) is 2.96. The minimum atomic E-state index is -0.176. The zero-order chi connectivity index (χ0) is 14.0. The summed E-state index contributed by atoms with van der Waals surface area (Å²) in [7, 11) is 3.70. The molecule has 1 fully saturated rings. The molecule has 2 rings (SSSR count). The molecule has 1 heterocycles. The van der Waals surface area contributed by atoms with Crippen molar-refractivity contribution in [2.45, 2.75) is 24.4 Å². The van der Waals surface area contributed by atoms with Gasteiger partial charge in [-0.1, -0.05) is 35.2 Å². The summed E-state index contributed by atoms with van der Waals surface area (Å²) >= 11 is 3.38. The molecule has 1 aliphatic carbocycles. The highest BCUT2D eigenvalue weighted by atomic mass is 79.9. The molecule has 19 heavy (non-hydrogen) atoms. The molecule has 1 saturated carbocycles. The lowest BCUT2D eigenvalue weighted by Gasteiger charge is -2.47. The molecule has 1 aliphatic rings. The standard InChI is InChI=1S/C14H18BrN3O/c1-5-11(6-10(2)15)14(7-12(8-14)19-4)13-17-16-9-18(13)3/h5-6,9,12H,1-2,7-8H2,3-4H3/b11-6+. The molecule has 0 saturated heterocycles. The third-order valence-electron chi connectivity index (χ3n) is 3.71. The van der Waals surface area contributed by atoms with Crippen LogP contribution in [-0.2, 0) is 17.2 Å². The van der Waals surface area contributed by atoms with Gasteiger partial charge in [-0.05, 0) is 24.5 Å². The number of nitrogens with zero attached hydrogens (tertiary/aromatic N) is 3. The Labute approximate surface area is 122 Å². The van der Waals surface area contributed by atoms with Crippen molar-refractivity contribution in [2.75, 3.05) is 7.11 Å².